The van der Waals surface area contributed by atoms with Crippen molar-refractivity contribution in [1.82, 2.24) is 15.0 Å². The molecule has 156 valence electrons. The first kappa shape index (κ1) is 20.4. The predicted octanol–water partition coefficient (Wildman–Crippen LogP) is 3.88. The van der Waals surface area contributed by atoms with Crippen LogP contribution < -0.4 is 11.1 Å². The fraction of sp³-hybridized carbons (Fsp3) is 0.250. The Bertz CT molecular complexity index is 1200. The van der Waals surface area contributed by atoms with Crippen LogP contribution in [0.2, 0.25) is 0 Å². The molecule has 3 aromatic rings. The number of nitrogens with zero attached hydrogens (tertiary/aromatic N) is 5. The van der Waals surface area contributed by atoms with E-state index in [4.69, 9.17) is 11.0 Å². The molecular formula is C24H25N7. The topological polar surface area (TPSA) is 105 Å². The number of nitrogens with two attached hydrogens (primary N) is 1. The highest BCUT2D eigenvalue weighted by Crippen LogP contribution is 2.38. The van der Waals surface area contributed by atoms with Gasteiger partial charge in [0, 0.05) is 42.8 Å². The van der Waals surface area contributed by atoms with E-state index in [9.17, 15) is 0 Å². The van der Waals surface area contributed by atoms with Crippen molar-refractivity contribution in [3.63, 3.8) is 0 Å². The molecule has 3 N–H and O–H groups in total. The average molecular weight is 412 g/mol. The summed E-state index contributed by atoms with van der Waals surface area (Å²) in [6.45, 7) is 2.75. The minimum absolute atomic E-state index is 0.0611. The van der Waals surface area contributed by atoms with E-state index in [2.05, 4.69) is 44.9 Å². The molecule has 31 heavy (non-hydrogen) atoms. The lowest BCUT2D eigenvalue weighted by Crippen LogP contribution is -2.13. The van der Waals surface area contributed by atoms with Crippen LogP contribution in [0.3, 0.4) is 0 Å². The number of rotatable bonds is 5. The predicted molar refractivity (Wildman–Crippen MR) is 124 cm³/mol. The molecule has 1 aliphatic rings. The summed E-state index contributed by atoms with van der Waals surface area (Å²) in [5.74, 6) is 0. The smallest absolute Gasteiger partial charge is 0.0918 e. The van der Waals surface area contributed by atoms with E-state index in [0.29, 0.717) is 6.42 Å². The number of anilines is 1. The van der Waals surface area contributed by atoms with E-state index < -0.39 is 0 Å². The lowest BCUT2D eigenvalue weighted by Gasteiger charge is -2.22. The molecule has 0 fully saturated rings. The Kier molecular flexibility index (Phi) is 5.80. The molecule has 0 spiro atoms. The second kappa shape index (κ2) is 8.84. The fourth-order valence-electron chi connectivity index (χ4n) is 4.11. The van der Waals surface area contributed by atoms with Gasteiger partial charge in [-0.25, -0.2) is 4.68 Å². The van der Waals surface area contributed by atoms with Crippen molar-refractivity contribution in [3.8, 4) is 17.3 Å². The molecule has 0 aliphatic carbocycles. The number of benzene rings is 2. The first-order chi connectivity index (χ1) is 15.1. The van der Waals surface area contributed by atoms with Gasteiger partial charge in [0.05, 0.1) is 29.9 Å². The fourth-order valence-corrected chi connectivity index (χ4v) is 4.11. The number of aliphatic imine (C=N–C) groups is 1. The van der Waals surface area contributed by atoms with Crippen LogP contribution in [-0.2, 0) is 13.0 Å². The normalized spacial score (nSPS) is 15.8. The van der Waals surface area contributed by atoms with Gasteiger partial charge in [0.2, 0.25) is 0 Å². The number of allylic oxidation sites excluding steroid dienone is 1. The van der Waals surface area contributed by atoms with Gasteiger partial charge in [0.1, 0.15) is 0 Å². The molecule has 1 unspecified atom stereocenters. The van der Waals surface area contributed by atoms with E-state index in [-0.39, 0.29) is 6.04 Å². The summed E-state index contributed by atoms with van der Waals surface area (Å²) in [5.41, 5.74) is 14.0. The van der Waals surface area contributed by atoms with E-state index in [1.807, 2.05) is 35.9 Å². The second-order valence-electron chi connectivity index (χ2n) is 7.58. The van der Waals surface area contributed by atoms with Gasteiger partial charge >= 0.3 is 0 Å². The number of aromatic nitrogens is 3. The highest BCUT2D eigenvalue weighted by Gasteiger charge is 2.25. The Morgan fingerprint density at radius 2 is 2.23 bits per heavy atom. The molecule has 1 atom stereocenters. The van der Waals surface area contributed by atoms with Gasteiger partial charge in [0.25, 0.3) is 0 Å². The lowest BCUT2D eigenvalue weighted by atomic mass is 9.92. The summed E-state index contributed by atoms with van der Waals surface area (Å²) >= 11 is 0. The summed E-state index contributed by atoms with van der Waals surface area (Å²) in [6.07, 6.45) is 4.58. The Morgan fingerprint density at radius 1 is 1.35 bits per heavy atom. The van der Waals surface area contributed by atoms with Gasteiger partial charge < -0.3 is 11.1 Å². The number of hydrogen-bond donors (Lipinski definition) is 2. The highest BCUT2D eigenvalue weighted by molar-refractivity contribution is 6.09. The van der Waals surface area contributed by atoms with Crippen molar-refractivity contribution in [2.75, 3.05) is 12.4 Å². The van der Waals surface area contributed by atoms with Crippen LogP contribution in [0.5, 0.6) is 0 Å². The van der Waals surface area contributed by atoms with Crippen LogP contribution in [0.1, 0.15) is 34.8 Å². The van der Waals surface area contributed by atoms with E-state index in [1.54, 1.807) is 19.5 Å². The summed E-state index contributed by atoms with van der Waals surface area (Å²) in [5, 5.41) is 21.4. The van der Waals surface area contributed by atoms with Gasteiger partial charge in [-0.3, -0.25) is 4.99 Å². The van der Waals surface area contributed by atoms with Crippen molar-refractivity contribution in [1.29, 1.82) is 5.26 Å². The molecule has 7 heteroatoms. The largest absolute Gasteiger partial charge is 0.404 e. The SMILES string of the molecule is CN=CC(=CN)c1ccc2c(c1)C(Nc1cccc(CC#N)c1)CCn1nnc(C)c1-2. The maximum Gasteiger partial charge on any atom is 0.0918 e. The molecule has 0 saturated carbocycles. The quantitative estimate of drug-likeness (QED) is 0.620. The number of aryl methyl sites for hydroxylation is 2. The maximum absolute atomic E-state index is 9.04. The van der Waals surface area contributed by atoms with Crippen LogP contribution >= 0.6 is 0 Å². The number of nitriles is 1. The van der Waals surface area contributed by atoms with E-state index in [0.717, 1.165) is 57.9 Å². The molecule has 1 aliphatic heterocycles. The molecule has 1 aromatic heterocycles. The molecule has 0 radical (unpaired) electrons. The summed E-state index contributed by atoms with van der Waals surface area (Å²) in [7, 11) is 1.74. The van der Waals surface area contributed by atoms with Crippen molar-refractivity contribution < 1.29 is 0 Å². The second-order valence-corrected chi connectivity index (χ2v) is 7.58. The average Bonchev–Trinajstić information content (AvgIpc) is 3.07. The molecule has 4 rings (SSSR count). The molecular weight excluding hydrogens is 386 g/mol. The Morgan fingerprint density at radius 3 is 3.00 bits per heavy atom. The third kappa shape index (κ3) is 4.05. The van der Waals surface area contributed by atoms with Gasteiger partial charge in [-0.05, 0) is 48.2 Å². The van der Waals surface area contributed by atoms with Gasteiger partial charge in [0.15, 0.2) is 0 Å². The van der Waals surface area contributed by atoms with Crippen molar-refractivity contribution in [2.45, 2.75) is 32.4 Å². The number of hydrogen-bond acceptors (Lipinski definition) is 6. The molecule has 0 saturated heterocycles. The minimum Gasteiger partial charge on any atom is -0.404 e. The molecule has 7 nitrogen and oxygen atoms in total. The third-order valence-corrected chi connectivity index (χ3v) is 5.55. The summed E-state index contributed by atoms with van der Waals surface area (Å²) < 4.78 is 1.98. The summed E-state index contributed by atoms with van der Waals surface area (Å²) in [6, 6.07) is 16.7. The van der Waals surface area contributed by atoms with Gasteiger partial charge in [-0.1, -0.05) is 29.5 Å². The van der Waals surface area contributed by atoms with Crippen molar-refractivity contribution in [2.24, 2.45) is 10.7 Å². The summed E-state index contributed by atoms with van der Waals surface area (Å²) in [4.78, 5) is 4.13. The van der Waals surface area contributed by atoms with Gasteiger partial charge in [-0.2, -0.15) is 5.26 Å². The standard InChI is InChI=1S/C24H25N7/c1-16-24-21-7-6-18(19(14-26)15-27-2)13-22(21)23(9-11-31(24)30-29-16)28-20-5-3-4-17(12-20)8-10-25/h3-7,12-15,23,28H,8-9,11,26H2,1-2H3. The maximum atomic E-state index is 9.04. The highest BCUT2D eigenvalue weighted by atomic mass is 15.4. The minimum atomic E-state index is 0.0611. The van der Waals surface area contributed by atoms with Crippen LogP contribution in [0, 0.1) is 18.3 Å². The molecule has 0 amide bonds. The zero-order valence-electron chi connectivity index (χ0n) is 17.7. The molecule has 2 heterocycles. The molecule has 2 aromatic carbocycles. The van der Waals surface area contributed by atoms with E-state index >= 15 is 0 Å². The molecule has 0 bridgehead atoms. The Hall–Kier alpha value is -3.92. The Balaban J connectivity index is 1.80. The Labute approximate surface area is 181 Å². The number of nitrogens with one attached hydrogen (secondary N) is 1. The van der Waals surface area contributed by atoms with Crippen LogP contribution in [0.4, 0.5) is 5.69 Å². The van der Waals surface area contributed by atoms with Crippen LogP contribution in [0.25, 0.3) is 16.8 Å². The zero-order valence-corrected chi connectivity index (χ0v) is 17.7. The number of fused-ring (bicyclic) bond motifs is 3. The van der Waals surface area contributed by atoms with Crippen molar-refractivity contribution in [3.05, 3.63) is 71.0 Å². The monoisotopic (exact) mass is 411 g/mol. The van der Waals surface area contributed by atoms with Crippen LogP contribution in [-0.4, -0.2) is 28.3 Å². The van der Waals surface area contributed by atoms with Crippen molar-refractivity contribution >= 4 is 17.5 Å². The van der Waals surface area contributed by atoms with Crippen LogP contribution in [0.15, 0.2) is 53.7 Å². The zero-order chi connectivity index (χ0) is 21.8. The first-order valence-corrected chi connectivity index (χ1v) is 10.3. The van der Waals surface area contributed by atoms with Gasteiger partial charge in [-0.15, -0.1) is 5.10 Å². The third-order valence-electron chi connectivity index (χ3n) is 5.55. The first-order valence-electron chi connectivity index (χ1n) is 10.3. The lowest BCUT2D eigenvalue weighted by molar-refractivity contribution is 0.539. The van der Waals surface area contributed by atoms with E-state index in [1.165, 1.54) is 0 Å².